The number of hydrogen-bond donors (Lipinski definition) is 3. The van der Waals surface area contributed by atoms with E-state index in [1.807, 2.05) is 6.07 Å². The zero-order chi connectivity index (χ0) is 13.5. The monoisotopic (exact) mass is 252 g/mol. The first-order chi connectivity index (χ1) is 8.60. The highest BCUT2D eigenvalue weighted by atomic mass is 16.4. The van der Waals surface area contributed by atoms with E-state index in [1.165, 1.54) is 0 Å². The van der Waals surface area contributed by atoms with Gasteiger partial charge < -0.3 is 16.0 Å². The van der Waals surface area contributed by atoms with E-state index in [0.717, 1.165) is 5.56 Å². The lowest BCUT2D eigenvalue weighted by atomic mass is 10.1. The smallest absolute Gasteiger partial charge is 0.189 e. The summed E-state index contributed by atoms with van der Waals surface area (Å²) in [6.45, 7) is 5.36. The van der Waals surface area contributed by atoms with Gasteiger partial charge in [-0.25, -0.2) is 0 Å². The second-order valence-electron chi connectivity index (χ2n) is 4.28. The molecule has 100 valence electrons. The van der Waals surface area contributed by atoms with Gasteiger partial charge in [0.1, 0.15) is 5.69 Å². The standard InChI is InChI=1S/C12H20N4O2/c1-9(2)16(6-7-17)8-10-4-3-5-14-11(10)12(13)15-18/h3-5,9,17-18H,6-8H2,1-2H3,(H2,13,15). The molecule has 0 aliphatic rings. The first kappa shape index (κ1) is 14.4. The Morgan fingerprint density at radius 2 is 2.28 bits per heavy atom. The molecule has 4 N–H and O–H groups in total. The summed E-state index contributed by atoms with van der Waals surface area (Å²) in [4.78, 5) is 6.21. The van der Waals surface area contributed by atoms with Crippen LogP contribution >= 0.6 is 0 Å². The maximum Gasteiger partial charge on any atom is 0.189 e. The molecule has 1 aromatic rings. The van der Waals surface area contributed by atoms with E-state index in [2.05, 4.69) is 28.9 Å². The SMILES string of the molecule is CC(C)N(CCO)Cc1cccnc1C(N)=NO. The average Bonchev–Trinajstić information content (AvgIpc) is 2.37. The van der Waals surface area contributed by atoms with Gasteiger partial charge >= 0.3 is 0 Å². The van der Waals surface area contributed by atoms with Gasteiger partial charge in [0.25, 0.3) is 0 Å². The first-order valence-corrected chi connectivity index (χ1v) is 5.86. The Balaban J connectivity index is 2.95. The van der Waals surface area contributed by atoms with Crippen LogP contribution in [0.25, 0.3) is 0 Å². The number of pyridine rings is 1. The summed E-state index contributed by atoms with van der Waals surface area (Å²) >= 11 is 0. The highest BCUT2D eigenvalue weighted by molar-refractivity contribution is 5.96. The van der Waals surface area contributed by atoms with Crippen molar-refractivity contribution in [1.29, 1.82) is 0 Å². The van der Waals surface area contributed by atoms with Gasteiger partial charge in [-0.05, 0) is 25.5 Å². The van der Waals surface area contributed by atoms with Gasteiger partial charge in [0, 0.05) is 25.3 Å². The van der Waals surface area contributed by atoms with Crippen LogP contribution in [-0.4, -0.2) is 45.2 Å². The van der Waals surface area contributed by atoms with E-state index >= 15 is 0 Å². The quantitative estimate of drug-likeness (QED) is 0.294. The van der Waals surface area contributed by atoms with E-state index in [1.54, 1.807) is 12.3 Å². The van der Waals surface area contributed by atoms with E-state index in [-0.39, 0.29) is 18.5 Å². The molecule has 0 amide bonds. The second-order valence-corrected chi connectivity index (χ2v) is 4.28. The number of amidine groups is 1. The van der Waals surface area contributed by atoms with Crippen molar-refractivity contribution in [1.82, 2.24) is 9.88 Å². The van der Waals surface area contributed by atoms with Crippen LogP contribution in [0.5, 0.6) is 0 Å². The van der Waals surface area contributed by atoms with Crippen LogP contribution in [0.1, 0.15) is 25.1 Å². The molecule has 6 nitrogen and oxygen atoms in total. The molecule has 0 unspecified atom stereocenters. The van der Waals surface area contributed by atoms with Crippen molar-refractivity contribution in [3.05, 3.63) is 29.6 Å². The predicted molar refractivity (Wildman–Crippen MR) is 69.4 cm³/mol. The van der Waals surface area contributed by atoms with Gasteiger partial charge in [0.15, 0.2) is 5.84 Å². The average molecular weight is 252 g/mol. The van der Waals surface area contributed by atoms with Crippen LogP contribution in [0.3, 0.4) is 0 Å². The van der Waals surface area contributed by atoms with E-state index < -0.39 is 0 Å². The third kappa shape index (κ3) is 3.68. The molecule has 0 aromatic carbocycles. The lowest BCUT2D eigenvalue weighted by Gasteiger charge is -2.26. The third-order valence-corrected chi connectivity index (χ3v) is 2.73. The molecule has 1 rings (SSSR count). The fourth-order valence-electron chi connectivity index (χ4n) is 1.71. The minimum atomic E-state index is -0.00157. The highest BCUT2D eigenvalue weighted by Crippen LogP contribution is 2.11. The van der Waals surface area contributed by atoms with Crippen molar-refractivity contribution >= 4 is 5.84 Å². The summed E-state index contributed by atoms with van der Waals surface area (Å²) in [7, 11) is 0. The number of nitrogens with two attached hydrogens (primary N) is 1. The number of oxime groups is 1. The molecule has 1 aromatic heterocycles. The van der Waals surface area contributed by atoms with Crippen LogP contribution in [0.15, 0.2) is 23.5 Å². The van der Waals surface area contributed by atoms with Crippen molar-refractivity contribution in [3.63, 3.8) is 0 Å². The lowest BCUT2D eigenvalue weighted by molar-refractivity contribution is 0.159. The summed E-state index contributed by atoms with van der Waals surface area (Å²) in [5.41, 5.74) is 6.94. The highest BCUT2D eigenvalue weighted by Gasteiger charge is 2.14. The van der Waals surface area contributed by atoms with Crippen LogP contribution in [0.2, 0.25) is 0 Å². The second kappa shape index (κ2) is 6.93. The van der Waals surface area contributed by atoms with Gasteiger partial charge in [-0.1, -0.05) is 11.2 Å². The Hall–Kier alpha value is -1.66. The van der Waals surface area contributed by atoms with Crippen LogP contribution in [-0.2, 0) is 6.54 Å². The molecule has 0 bridgehead atoms. The molecule has 0 saturated heterocycles. The molecule has 0 saturated carbocycles. The molecule has 0 aliphatic heterocycles. The van der Waals surface area contributed by atoms with Gasteiger partial charge in [-0.2, -0.15) is 0 Å². The van der Waals surface area contributed by atoms with Crippen molar-refractivity contribution in [2.75, 3.05) is 13.2 Å². The molecular formula is C12H20N4O2. The fraction of sp³-hybridized carbons (Fsp3) is 0.500. The molecule has 0 fully saturated rings. The number of hydrogen-bond acceptors (Lipinski definition) is 5. The van der Waals surface area contributed by atoms with Crippen molar-refractivity contribution in [2.24, 2.45) is 10.9 Å². The molecule has 1 heterocycles. The van der Waals surface area contributed by atoms with Crippen molar-refractivity contribution < 1.29 is 10.3 Å². The zero-order valence-corrected chi connectivity index (χ0v) is 10.7. The molecule has 0 atom stereocenters. The molecular weight excluding hydrogens is 232 g/mol. The third-order valence-electron chi connectivity index (χ3n) is 2.73. The zero-order valence-electron chi connectivity index (χ0n) is 10.7. The van der Waals surface area contributed by atoms with Crippen molar-refractivity contribution in [3.8, 4) is 0 Å². The summed E-state index contributed by atoms with van der Waals surface area (Å²) in [6.07, 6.45) is 1.60. The molecule has 0 aliphatic carbocycles. The number of nitrogens with zero attached hydrogens (tertiary/aromatic N) is 3. The minimum Gasteiger partial charge on any atom is -0.409 e. The molecule has 0 radical (unpaired) electrons. The Morgan fingerprint density at radius 3 is 2.83 bits per heavy atom. The van der Waals surface area contributed by atoms with Crippen molar-refractivity contribution in [2.45, 2.75) is 26.4 Å². The maximum absolute atomic E-state index is 9.04. The maximum atomic E-state index is 9.04. The van der Waals surface area contributed by atoms with Crippen LogP contribution < -0.4 is 5.73 Å². The Morgan fingerprint density at radius 1 is 1.56 bits per heavy atom. The number of aliphatic hydroxyl groups excluding tert-OH is 1. The van der Waals surface area contributed by atoms with E-state index in [4.69, 9.17) is 16.0 Å². The predicted octanol–water partition coefficient (Wildman–Crippen LogP) is 0.379. The summed E-state index contributed by atoms with van der Waals surface area (Å²) < 4.78 is 0. The van der Waals surface area contributed by atoms with Gasteiger partial charge in [-0.15, -0.1) is 0 Å². The number of rotatable bonds is 6. The summed E-state index contributed by atoms with van der Waals surface area (Å²) in [6, 6.07) is 3.98. The largest absolute Gasteiger partial charge is 0.409 e. The van der Waals surface area contributed by atoms with E-state index in [0.29, 0.717) is 18.8 Å². The van der Waals surface area contributed by atoms with Crippen LogP contribution in [0.4, 0.5) is 0 Å². The Kier molecular flexibility index (Phi) is 5.54. The van der Waals surface area contributed by atoms with Gasteiger partial charge in [0.2, 0.25) is 0 Å². The number of aliphatic hydroxyl groups is 1. The summed E-state index contributed by atoms with van der Waals surface area (Å²) in [5.74, 6) is -0.00157. The minimum absolute atomic E-state index is 0.00157. The Bertz CT molecular complexity index is 407. The van der Waals surface area contributed by atoms with E-state index in [9.17, 15) is 0 Å². The summed E-state index contributed by atoms with van der Waals surface area (Å²) in [5, 5.41) is 20.8. The van der Waals surface area contributed by atoms with Gasteiger partial charge in [-0.3, -0.25) is 9.88 Å². The fourth-order valence-corrected chi connectivity index (χ4v) is 1.71. The molecule has 6 heteroatoms. The molecule has 0 spiro atoms. The lowest BCUT2D eigenvalue weighted by Crippen LogP contribution is -2.34. The van der Waals surface area contributed by atoms with Gasteiger partial charge in [0.05, 0.1) is 6.61 Å². The van der Waals surface area contributed by atoms with Crippen LogP contribution in [0, 0.1) is 0 Å². The Labute approximate surface area is 107 Å². The normalized spacial score (nSPS) is 12.4. The molecule has 18 heavy (non-hydrogen) atoms. The first-order valence-electron chi connectivity index (χ1n) is 5.86. The number of aromatic nitrogens is 1. The topological polar surface area (TPSA) is 95.0 Å².